The molecule has 0 saturated carbocycles. The molecule has 1 aromatic carbocycles. The Morgan fingerprint density at radius 1 is 0.833 bits per heavy atom. The normalized spacial score (nSPS) is 17.7. The van der Waals surface area contributed by atoms with Crippen LogP contribution in [0.4, 0.5) is 0 Å². The fourth-order valence-corrected chi connectivity index (χ4v) is 5.58. The maximum atomic E-state index is 13.3. The van der Waals surface area contributed by atoms with Crippen LogP contribution in [0.3, 0.4) is 0 Å². The zero-order valence-corrected chi connectivity index (χ0v) is 30.1. The molecule has 1 fully saturated rings. The Hall–Kier alpha value is -5.03. The first-order valence-electron chi connectivity index (χ1n) is 16.7. The highest BCUT2D eigenvalue weighted by molar-refractivity contribution is 7.80. The second-order valence-corrected chi connectivity index (χ2v) is 12.8. The van der Waals surface area contributed by atoms with E-state index >= 15 is 0 Å². The first kappa shape index (κ1) is 45.1. The van der Waals surface area contributed by atoms with Crippen LogP contribution < -0.4 is 32.3 Å². The summed E-state index contributed by atoms with van der Waals surface area (Å²) in [5.74, 6) is -9.18. The van der Waals surface area contributed by atoms with Crippen molar-refractivity contribution >= 4 is 60.0 Å². The summed E-state index contributed by atoms with van der Waals surface area (Å²) < 4.78 is 0. The lowest BCUT2D eigenvalue weighted by Gasteiger charge is -2.28. The summed E-state index contributed by atoms with van der Waals surface area (Å²) in [5.41, 5.74) is 6.02. The third kappa shape index (κ3) is 13.4. The van der Waals surface area contributed by atoms with E-state index in [1.807, 2.05) is 0 Å². The number of carbonyl (C=O) groups excluding carboxylic acids is 6. The summed E-state index contributed by atoms with van der Waals surface area (Å²) in [6, 6.07) is -5.07. The van der Waals surface area contributed by atoms with Crippen LogP contribution in [0.1, 0.15) is 38.2 Å². The minimum atomic E-state index is -1.80. The number of carboxylic acid groups (broad SMARTS) is 2. The third-order valence-electron chi connectivity index (χ3n) is 8.32. The predicted molar refractivity (Wildman–Crippen MR) is 188 cm³/mol. The number of aliphatic carboxylic acids is 2. The molecule has 1 aliphatic rings. The van der Waals surface area contributed by atoms with Gasteiger partial charge in [-0.3, -0.25) is 33.6 Å². The number of aliphatic hydroxyl groups excluding tert-OH is 3. The van der Waals surface area contributed by atoms with Gasteiger partial charge >= 0.3 is 11.9 Å². The number of aromatic hydroxyl groups is 1. The van der Waals surface area contributed by atoms with Crippen molar-refractivity contribution in [1.29, 1.82) is 0 Å². The van der Waals surface area contributed by atoms with Crippen molar-refractivity contribution in [3.05, 3.63) is 29.8 Å². The molecule has 22 heteroatoms. The van der Waals surface area contributed by atoms with Crippen molar-refractivity contribution in [2.75, 3.05) is 25.5 Å². The molecule has 0 unspecified atom stereocenters. The molecule has 1 heterocycles. The molecule has 2 rings (SSSR count). The van der Waals surface area contributed by atoms with E-state index in [-0.39, 0.29) is 30.9 Å². The summed E-state index contributed by atoms with van der Waals surface area (Å²) in [7, 11) is 0. The van der Waals surface area contributed by atoms with E-state index in [2.05, 4.69) is 39.2 Å². The second-order valence-electron chi connectivity index (χ2n) is 12.5. The minimum Gasteiger partial charge on any atom is -0.508 e. The van der Waals surface area contributed by atoms with Gasteiger partial charge in [-0.05, 0) is 43.9 Å². The molecule has 13 N–H and O–H groups in total. The van der Waals surface area contributed by atoms with Crippen molar-refractivity contribution in [2.45, 2.75) is 87.4 Å². The lowest BCUT2D eigenvalue weighted by Crippen LogP contribution is -2.61. The molecule has 6 amide bonds. The van der Waals surface area contributed by atoms with Gasteiger partial charge < -0.3 is 67.9 Å². The molecule has 21 nitrogen and oxygen atoms in total. The Balaban J connectivity index is 2.15. The van der Waals surface area contributed by atoms with E-state index in [4.69, 9.17) is 5.73 Å². The minimum absolute atomic E-state index is 0.0810. The van der Waals surface area contributed by atoms with Gasteiger partial charge in [-0.25, -0.2) is 4.79 Å². The highest BCUT2D eigenvalue weighted by Gasteiger charge is 2.38. The molecule has 300 valence electrons. The molecule has 0 bridgehead atoms. The Kier molecular flexibility index (Phi) is 18.1. The molecule has 8 atom stereocenters. The number of benzene rings is 1. The van der Waals surface area contributed by atoms with Crippen LogP contribution in [0, 0.1) is 0 Å². The summed E-state index contributed by atoms with van der Waals surface area (Å²) in [6.45, 7) is -0.413. The second kappa shape index (κ2) is 21.6. The molecule has 0 spiro atoms. The van der Waals surface area contributed by atoms with Crippen LogP contribution in [0.15, 0.2) is 24.3 Å². The number of carbonyl (C=O) groups is 8. The average molecular weight is 786 g/mol. The molecule has 0 aromatic heterocycles. The Labute approximate surface area is 314 Å². The Morgan fingerprint density at radius 3 is 1.94 bits per heavy atom. The van der Waals surface area contributed by atoms with Crippen LogP contribution in [0.2, 0.25) is 0 Å². The lowest BCUT2D eigenvalue weighted by molar-refractivity contribution is -0.143. The van der Waals surface area contributed by atoms with Crippen LogP contribution in [-0.2, 0) is 44.8 Å². The van der Waals surface area contributed by atoms with Gasteiger partial charge in [0.1, 0.15) is 48.0 Å². The fraction of sp³-hybridized carbons (Fsp3) is 0.562. The third-order valence-corrected chi connectivity index (χ3v) is 8.68. The smallest absolute Gasteiger partial charge is 0.326 e. The number of phenolic OH excluding ortho intramolecular Hbond substituents is 1. The maximum absolute atomic E-state index is 13.3. The van der Waals surface area contributed by atoms with Crippen molar-refractivity contribution in [3.63, 3.8) is 0 Å². The van der Waals surface area contributed by atoms with Gasteiger partial charge in [0.05, 0.1) is 19.3 Å². The Morgan fingerprint density at radius 2 is 1.41 bits per heavy atom. The number of carboxylic acids is 2. The largest absolute Gasteiger partial charge is 0.508 e. The molecule has 1 saturated heterocycles. The summed E-state index contributed by atoms with van der Waals surface area (Å²) in [5, 5.41) is 69.0. The van der Waals surface area contributed by atoms with Crippen molar-refractivity contribution < 1.29 is 69.0 Å². The number of aliphatic hydroxyl groups is 3. The zero-order valence-electron chi connectivity index (χ0n) is 29.2. The Bertz CT molecular complexity index is 1510. The van der Waals surface area contributed by atoms with Crippen molar-refractivity contribution in [2.24, 2.45) is 5.73 Å². The van der Waals surface area contributed by atoms with Crippen molar-refractivity contribution in [1.82, 2.24) is 31.5 Å². The summed E-state index contributed by atoms with van der Waals surface area (Å²) in [4.78, 5) is 103. The van der Waals surface area contributed by atoms with Gasteiger partial charge in [-0.15, -0.1) is 0 Å². The monoisotopic (exact) mass is 785 g/mol. The first-order chi connectivity index (χ1) is 25.4. The van der Waals surface area contributed by atoms with E-state index in [1.54, 1.807) is 0 Å². The van der Waals surface area contributed by atoms with Gasteiger partial charge in [-0.1, -0.05) is 12.1 Å². The highest BCUT2D eigenvalue weighted by atomic mass is 32.1. The van der Waals surface area contributed by atoms with E-state index in [1.165, 1.54) is 29.2 Å². The van der Waals surface area contributed by atoms with Crippen LogP contribution >= 0.6 is 12.6 Å². The van der Waals surface area contributed by atoms with E-state index in [0.29, 0.717) is 12.0 Å². The highest BCUT2D eigenvalue weighted by Crippen LogP contribution is 2.19. The number of likely N-dealkylation sites (tertiary alicyclic amines) is 1. The zero-order chi connectivity index (χ0) is 40.7. The van der Waals surface area contributed by atoms with E-state index in [9.17, 15) is 69.0 Å². The molecular weight excluding hydrogens is 738 g/mol. The van der Waals surface area contributed by atoms with Gasteiger partial charge in [0.15, 0.2) is 0 Å². The quantitative estimate of drug-likeness (QED) is 0.0519. The molecule has 1 aromatic rings. The lowest BCUT2D eigenvalue weighted by atomic mass is 10.0. The molecule has 54 heavy (non-hydrogen) atoms. The number of nitrogens with zero attached hydrogens (tertiary/aromatic N) is 1. The molecule has 1 aliphatic heterocycles. The number of phenols is 1. The van der Waals surface area contributed by atoms with Crippen LogP contribution in [0.5, 0.6) is 5.75 Å². The molecular formula is C32H47N7O14S. The standard InChI is InChI=1S/C32H47N7O14S/c1-15(42)25(30(50)35-20(32(52)53)11-16-4-6-17(43)7-5-16)38-26(46)19(8-9-24(44)45)34-27(47)21(13-41)36-28(48)22(14-54)37-29(49)23-3-2-10-39(23)31(51)18(33)12-40/h4-7,15,18-23,25,40-43,54H,2-3,8-14,33H2,1H3,(H,34,47)(H,35,50)(H,36,48)(H,37,49)(H,38,46)(H,44,45)(H,52,53)/t15-,18+,19+,20+,21+,22+,23+,25+/m1/s1. The summed E-state index contributed by atoms with van der Waals surface area (Å²) in [6.07, 6.45) is -2.47. The number of amides is 6. The van der Waals surface area contributed by atoms with Crippen LogP contribution in [0.25, 0.3) is 0 Å². The first-order valence-corrected chi connectivity index (χ1v) is 17.4. The maximum Gasteiger partial charge on any atom is 0.326 e. The number of rotatable bonds is 21. The van der Waals surface area contributed by atoms with Gasteiger partial charge in [0, 0.05) is 25.1 Å². The average Bonchev–Trinajstić information content (AvgIpc) is 3.63. The predicted octanol–water partition coefficient (Wildman–Crippen LogP) is -5.08. The number of hydrogen-bond acceptors (Lipinski definition) is 14. The summed E-state index contributed by atoms with van der Waals surface area (Å²) >= 11 is 4.07. The number of nitrogens with two attached hydrogens (primary N) is 1. The fourth-order valence-electron chi connectivity index (χ4n) is 5.32. The number of hydrogen-bond donors (Lipinski definition) is 13. The van der Waals surface area contributed by atoms with E-state index in [0.717, 1.165) is 6.92 Å². The van der Waals surface area contributed by atoms with E-state index < -0.39 is 122 Å². The number of thiol groups is 1. The van der Waals surface area contributed by atoms with Crippen LogP contribution in [-0.4, -0.2) is 157 Å². The van der Waals surface area contributed by atoms with Crippen molar-refractivity contribution in [3.8, 4) is 5.75 Å². The topological polar surface area (TPSA) is 347 Å². The SMILES string of the molecule is C[C@@H](O)[C@H](NC(=O)[C@H](CCC(=O)O)NC(=O)[C@H](CO)NC(=O)[C@H](CS)NC(=O)[C@@H]1CCCN1C(=O)[C@@H](N)CO)C(=O)N[C@@H](Cc1ccc(O)cc1)C(=O)O. The van der Waals surface area contributed by atoms with Gasteiger partial charge in [0.25, 0.3) is 0 Å². The number of nitrogens with one attached hydrogen (secondary N) is 5. The molecule has 0 radical (unpaired) electrons. The van der Waals surface area contributed by atoms with Gasteiger partial charge in [0.2, 0.25) is 35.4 Å². The van der Waals surface area contributed by atoms with Gasteiger partial charge in [-0.2, -0.15) is 12.6 Å². The molecule has 0 aliphatic carbocycles.